The van der Waals surface area contributed by atoms with E-state index in [2.05, 4.69) is 0 Å². The minimum absolute atomic E-state index is 0.0387. The quantitative estimate of drug-likeness (QED) is 0.850. The molecule has 2 aromatic rings. The average Bonchev–Trinajstić information content (AvgIpc) is 2.67. The fourth-order valence-corrected chi connectivity index (χ4v) is 1.39. The summed E-state index contributed by atoms with van der Waals surface area (Å²) in [6, 6.07) is 9.82. The third-order valence-corrected chi connectivity index (χ3v) is 2.35. The van der Waals surface area contributed by atoms with E-state index in [9.17, 15) is 10.2 Å². The van der Waals surface area contributed by atoms with E-state index >= 15 is 0 Å². The first-order chi connectivity index (χ1) is 8.20. The molecule has 0 fully saturated rings. The predicted molar refractivity (Wildman–Crippen MR) is 61.4 cm³/mol. The summed E-state index contributed by atoms with van der Waals surface area (Å²) in [5.41, 5.74) is 0. The van der Waals surface area contributed by atoms with E-state index in [0.29, 0.717) is 5.75 Å². The second-order valence-electron chi connectivity index (χ2n) is 3.43. The summed E-state index contributed by atoms with van der Waals surface area (Å²) in [6.45, 7) is 0.0387. The lowest BCUT2D eigenvalue weighted by Gasteiger charge is -2.09. The minimum Gasteiger partial charge on any atom is -0.497 e. The minimum atomic E-state index is -0.0454. The van der Waals surface area contributed by atoms with E-state index in [1.54, 1.807) is 31.4 Å². The lowest BCUT2D eigenvalue weighted by Crippen LogP contribution is -2.03. The fraction of sp³-hybridized carbons (Fsp3) is 0.167. The predicted octanol–water partition coefficient (Wildman–Crippen LogP) is 1.94. The summed E-state index contributed by atoms with van der Waals surface area (Å²) < 4.78 is 11.7. The van der Waals surface area contributed by atoms with Gasteiger partial charge in [-0.2, -0.15) is 0 Å². The van der Waals surface area contributed by atoms with Crippen molar-refractivity contribution < 1.29 is 19.7 Å². The molecule has 0 aliphatic heterocycles. The van der Waals surface area contributed by atoms with E-state index in [4.69, 9.17) is 9.47 Å². The summed E-state index contributed by atoms with van der Waals surface area (Å²) >= 11 is 0. The van der Waals surface area contributed by atoms with Gasteiger partial charge in [0.05, 0.1) is 7.11 Å². The molecule has 1 aromatic heterocycles. The van der Waals surface area contributed by atoms with Crippen LogP contribution >= 0.6 is 0 Å². The van der Waals surface area contributed by atoms with Gasteiger partial charge in [0.25, 0.3) is 0 Å². The molecule has 90 valence electrons. The first-order valence-electron chi connectivity index (χ1n) is 5.05. The van der Waals surface area contributed by atoms with Crippen molar-refractivity contribution in [1.29, 1.82) is 0 Å². The van der Waals surface area contributed by atoms with Crippen molar-refractivity contribution in [1.82, 2.24) is 4.57 Å². The van der Waals surface area contributed by atoms with Crippen LogP contribution in [0, 0.1) is 0 Å². The van der Waals surface area contributed by atoms with E-state index in [1.165, 1.54) is 16.7 Å². The number of aromatic nitrogens is 1. The Balaban J connectivity index is 2.02. The molecule has 2 rings (SSSR count). The van der Waals surface area contributed by atoms with Crippen LogP contribution in [-0.2, 0) is 6.73 Å². The van der Waals surface area contributed by atoms with Crippen LogP contribution in [0.5, 0.6) is 23.3 Å². The molecule has 5 heteroatoms. The second kappa shape index (κ2) is 4.69. The Labute approximate surface area is 98.5 Å². The molecule has 1 aromatic carbocycles. The average molecular weight is 235 g/mol. The Hall–Kier alpha value is -2.30. The normalized spacial score (nSPS) is 10.2. The molecular formula is C12H13NO4. The van der Waals surface area contributed by atoms with Crippen molar-refractivity contribution in [3.63, 3.8) is 0 Å². The van der Waals surface area contributed by atoms with Gasteiger partial charge in [-0.1, -0.05) is 0 Å². The van der Waals surface area contributed by atoms with Gasteiger partial charge in [0, 0.05) is 12.1 Å². The first kappa shape index (κ1) is 11.2. The third kappa shape index (κ3) is 2.44. The number of aromatic hydroxyl groups is 2. The Bertz CT molecular complexity index is 470. The highest BCUT2D eigenvalue weighted by atomic mass is 16.5. The van der Waals surface area contributed by atoms with E-state index in [-0.39, 0.29) is 18.5 Å². The van der Waals surface area contributed by atoms with Crippen molar-refractivity contribution in [3.05, 3.63) is 36.4 Å². The molecule has 17 heavy (non-hydrogen) atoms. The van der Waals surface area contributed by atoms with Crippen LogP contribution in [0.15, 0.2) is 36.4 Å². The van der Waals surface area contributed by atoms with Crippen LogP contribution < -0.4 is 9.47 Å². The highest BCUT2D eigenvalue weighted by Gasteiger charge is 2.05. The van der Waals surface area contributed by atoms with Gasteiger partial charge in [-0.25, -0.2) is 4.57 Å². The summed E-state index contributed by atoms with van der Waals surface area (Å²) in [6.07, 6.45) is 0. The number of benzene rings is 1. The van der Waals surface area contributed by atoms with Crippen molar-refractivity contribution in [2.24, 2.45) is 0 Å². The van der Waals surface area contributed by atoms with Crippen molar-refractivity contribution in [2.75, 3.05) is 7.11 Å². The molecule has 2 N–H and O–H groups in total. The van der Waals surface area contributed by atoms with Crippen molar-refractivity contribution in [2.45, 2.75) is 6.73 Å². The zero-order valence-corrected chi connectivity index (χ0v) is 9.33. The monoisotopic (exact) mass is 235 g/mol. The van der Waals surface area contributed by atoms with Crippen LogP contribution in [0.1, 0.15) is 0 Å². The number of hydrogen-bond donors (Lipinski definition) is 2. The van der Waals surface area contributed by atoms with Crippen LogP contribution in [-0.4, -0.2) is 21.9 Å². The lowest BCUT2D eigenvalue weighted by molar-refractivity contribution is 0.205. The molecule has 0 bridgehead atoms. The maximum atomic E-state index is 9.39. The summed E-state index contributed by atoms with van der Waals surface area (Å²) in [5.74, 6) is 1.27. The summed E-state index contributed by atoms with van der Waals surface area (Å²) in [4.78, 5) is 0. The van der Waals surface area contributed by atoms with Crippen LogP contribution in [0.2, 0.25) is 0 Å². The zero-order chi connectivity index (χ0) is 12.3. The van der Waals surface area contributed by atoms with Gasteiger partial charge >= 0.3 is 0 Å². The van der Waals surface area contributed by atoms with Crippen LogP contribution in [0.3, 0.4) is 0 Å². The van der Waals surface area contributed by atoms with Gasteiger partial charge in [0.2, 0.25) is 0 Å². The van der Waals surface area contributed by atoms with Crippen molar-refractivity contribution >= 4 is 0 Å². The molecule has 0 unspecified atom stereocenters. The molecule has 0 amide bonds. The first-order valence-corrected chi connectivity index (χ1v) is 5.05. The Morgan fingerprint density at radius 2 is 1.47 bits per heavy atom. The largest absolute Gasteiger partial charge is 0.497 e. The van der Waals surface area contributed by atoms with E-state index < -0.39 is 0 Å². The fourth-order valence-electron chi connectivity index (χ4n) is 1.39. The summed E-state index contributed by atoms with van der Waals surface area (Å²) in [7, 11) is 1.59. The molecule has 0 aliphatic carbocycles. The number of rotatable bonds is 4. The second-order valence-corrected chi connectivity index (χ2v) is 3.43. The maximum Gasteiger partial charge on any atom is 0.196 e. The van der Waals surface area contributed by atoms with E-state index in [1.807, 2.05) is 0 Å². The van der Waals surface area contributed by atoms with Crippen molar-refractivity contribution in [3.8, 4) is 23.3 Å². The zero-order valence-electron chi connectivity index (χ0n) is 9.33. The molecular weight excluding hydrogens is 222 g/mol. The maximum absolute atomic E-state index is 9.39. The summed E-state index contributed by atoms with van der Waals surface area (Å²) in [5, 5.41) is 18.8. The SMILES string of the molecule is COc1ccc(OCn2c(O)ccc2O)cc1. The van der Waals surface area contributed by atoms with Gasteiger partial charge in [-0.15, -0.1) is 0 Å². The molecule has 0 saturated carbocycles. The number of ether oxygens (including phenoxy) is 2. The lowest BCUT2D eigenvalue weighted by atomic mass is 10.3. The van der Waals surface area contributed by atoms with E-state index in [0.717, 1.165) is 5.75 Å². The number of hydrogen-bond acceptors (Lipinski definition) is 4. The highest BCUT2D eigenvalue weighted by Crippen LogP contribution is 2.22. The molecule has 0 aliphatic rings. The molecule has 0 radical (unpaired) electrons. The molecule has 5 nitrogen and oxygen atoms in total. The number of methoxy groups -OCH3 is 1. The van der Waals surface area contributed by atoms with Crippen LogP contribution in [0.4, 0.5) is 0 Å². The van der Waals surface area contributed by atoms with Crippen LogP contribution in [0.25, 0.3) is 0 Å². The van der Waals surface area contributed by atoms with Gasteiger partial charge in [-0.3, -0.25) is 0 Å². The molecule has 0 atom stereocenters. The standard InChI is InChI=1S/C12H13NO4/c1-16-9-2-4-10(5-3-9)17-8-13-11(14)6-7-12(13)15/h2-7,14-15H,8H2,1H3. The Morgan fingerprint density at radius 3 is 2.00 bits per heavy atom. The smallest absolute Gasteiger partial charge is 0.196 e. The third-order valence-electron chi connectivity index (χ3n) is 2.35. The topological polar surface area (TPSA) is 63.9 Å². The van der Waals surface area contributed by atoms with Gasteiger partial charge in [0.1, 0.15) is 11.5 Å². The Kier molecular flexibility index (Phi) is 3.09. The molecule has 0 saturated heterocycles. The van der Waals surface area contributed by atoms with Gasteiger partial charge < -0.3 is 19.7 Å². The molecule has 1 heterocycles. The number of nitrogens with zero attached hydrogens (tertiary/aromatic N) is 1. The van der Waals surface area contributed by atoms with Gasteiger partial charge in [-0.05, 0) is 24.3 Å². The van der Waals surface area contributed by atoms with Gasteiger partial charge in [0.15, 0.2) is 18.5 Å². The Morgan fingerprint density at radius 1 is 0.941 bits per heavy atom. The highest BCUT2D eigenvalue weighted by molar-refractivity contribution is 5.31. The molecule has 0 spiro atoms.